The van der Waals surface area contributed by atoms with E-state index in [-0.39, 0.29) is 44.9 Å². The maximum Gasteiger partial charge on any atom is 0.422 e. The molecule has 0 bridgehead atoms. The third-order valence-electron chi connectivity index (χ3n) is 4.16. The van der Waals surface area contributed by atoms with Gasteiger partial charge in [-0.3, -0.25) is 9.59 Å². The highest BCUT2D eigenvalue weighted by atomic mass is 19.4. The zero-order valence-electron chi connectivity index (χ0n) is 13.1. The molecule has 2 aromatic rings. The molecule has 1 aromatic carbocycles. The van der Waals surface area contributed by atoms with Crippen LogP contribution in [0.1, 0.15) is 38.9 Å². The van der Waals surface area contributed by atoms with Crippen LogP contribution in [0, 0.1) is 5.21 Å². The number of pyridine rings is 1. The summed E-state index contributed by atoms with van der Waals surface area (Å²) in [6.45, 7) is 1.48. The van der Waals surface area contributed by atoms with E-state index in [1.54, 1.807) is 18.2 Å². The first-order chi connectivity index (χ1) is 11.7. The molecule has 0 amide bonds. The molecule has 0 aliphatic heterocycles. The van der Waals surface area contributed by atoms with Gasteiger partial charge in [0.1, 0.15) is 5.56 Å². The number of hydrogen-bond donors (Lipinski definition) is 0. The highest BCUT2D eigenvalue weighted by Crippen LogP contribution is 2.30. The van der Waals surface area contributed by atoms with Crippen molar-refractivity contribution in [2.24, 2.45) is 0 Å². The minimum absolute atomic E-state index is 0.0390. The van der Waals surface area contributed by atoms with Crippen LogP contribution >= 0.6 is 0 Å². The van der Waals surface area contributed by atoms with E-state index in [9.17, 15) is 28.0 Å². The van der Waals surface area contributed by atoms with E-state index in [0.717, 1.165) is 12.1 Å². The summed E-state index contributed by atoms with van der Waals surface area (Å²) in [7, 11) is 0. The van der Waals surface area contributed by atoms with E-state index in [1.807, 2.05) is 0 Å². The monoisotopic (exact) mass is 347 g/mol. The van der Waals surface area contributed by atoms with Gasteiger partial charge >= 0.3 is 6.18 Å². The minimum Gasteiger partial charge on any atom is -0.618 e. The summed E-state index contributed by atoms with van der Waals surface area (Å²) in [5, 5.41) is 11.9. The summed E-state index contributed by atoms with van der Waals surface area (Å²) < 4.78 is 38.0. The van der Waals surface area contributed by atoms with Gasteiger partial charge in [0.2, 0.25) is 0 Å². The number of halogens is 3. The molecule has 1 aromatic heterocycles. The standard InChI is InChI=1S/C18H12F3NO3/c1-10-15(17(24)14-5-3-2-4-13(14)16(10)23)8-12-7-6-11(9-22(12)25)18(19,20)21/h2-7,9H,8H2,1H3. The SMILES string of the molecule is CC1=C(Cc2ccc(C(F)(F)F)c[n+]2[O-])C(=O)c2ccccc2C1=O. The van der Waals surface area contributed by atoms with E-state index >= 15 is 0 Å². The van der Waals surface area contributed by atoms with Crippen molar-refractivity contribution in [2.75, 3.05) is 0 Å². The summed E-state index contributed by atoms with van der Waals surface area (Å²) in [4.78, 5) is 25.0. The van der Waals surface area contributed by atoms with Crippen molar-refractivity contribution in [3.05, 3.63) is 81.3 Å². The number of fused-ring (bicyclic) bond motifs is 1. The highest BCUT2D eigenvalue weighted by molar-refractivity contribution is 6.26. The van der Waals surface area contributed by atoms with Crippen molar-refractivity contribution >= 4 is 11.6 Å². The molecule has 1 aliphatic rings. The molecular weight excluding hydrogens is 335 g/mol. The summed E-state index contributed by atoms with van der Waals surface area (Å²) in [5.74, 6) is -0.720. The van der Waals surface area contributed by atoms with Gasteiger partial charge in [-0.15, -0.1) is 0 Å². The first kappa shape index (κ1) is 16.9. The Balaban J connectivity index is 2.00. The average molecular weight is 347 g/mol. The Bertz CT molecular complexity index is 929. The number of carbonyl (C=O) groups excluding carboxylic acids is 2. The summed E-state index contributed by atoms with van der Waals surface area (Å²) in [5.41, 5.74) is -0.276. The van der Waals surface area contributed by atoms with Gasteiger partial charge in [-0.1, -0.05) is 24.3 Å². The third kappa shape index (κ3) is 2.93. The van der Waals surface area contributed by atoms with Crippen molar-refractivity contribution in [2.45, 2.75) is 19.5 Å². The Morgan fingerprint density at radius 2 is 1.60 bits per heavy atom. The number of ketones is 2. The van der Waals surface area contributed by atoms with Gasteiger partial charge in [0.25, 0.3) is 0 Å². The van der Waals surface area contributed by atoms with Gasteiger partial charge in [0.05, 0.1) is 6.42 Å². The molecule has 0 N–H and O–H groups in total. The fourth-order valence-corrected chi connectivity index (χ4v) is 2.76. The number of allylic oxidation sites excluding steroid dienone is 2. The number of carbonyl (C=O) groups is 2. The van der Waals surface area contributed by atoms with Crippen LogP contribution in [0.25, 0.3) is 0 Å². The molecule has 0 unspecified atom stereocenters. The maximum absolute atomic E-state index is 12.6. The summed E-state index contributed by atoms with van der Waals surface area (Å²) in [6, 6.07) is 8.12. The number of Topliss-reactive ketones (excluding diaryl/α,β-unsaturated/α-hetero) is 2. The second-order valence-corrected chi connectivity index (χ2v) is 5.72. The fraction of sp³-hybridized carbons (Fsp3) is 0.167. The van der Waals surface area contributed by atoms with Gasteiger partial charge in [0.15, 0.2) is 23.5 Å². The molecule has 1 aliphatic carbocycles. The van der Waals surface area contributed by atoms with Crippen molar-refractivity contribution in [3.63, 3.8) is 0 Å². The Kier molecular flexibility index (Phi) is 3.94. The fourth-order valence-electron chi connectivity index (χ4n) is 2.76. The molecule has 3 rings (SSSR count). The first-order valence-corrected chi connectivity index (χ1v) is 7.37. The summed E-state index contributed by atoms with van der Waals surface area (Å²) >= 11 is 0. The lowest BCUT2D eigenvalue weighted by molar-refractivity contribution is -0.614. The van der Waals surface area contributed by atoms with Crippen molar-refractivity contribution in [1.29, 1.82) is 0 Å². The van der Waals surface area contributed by atoms with Crippen molar-refractivity contribution < 1.29 is 27.5 Å². The smallest absolute Gasteiger partial charge is 0.422 e. The maximum atomic E-state index is 12.6. The van der Waals surface area contributed by atoms with Crippen molar-refractivity contribution in [1.82, 2.24) is 0 Å². The first-order valence-electron chi connectivity index (χ1n) is 7.37. The quantitative estimate of drug-likeness (QED) is 0.619. The second kappa shape index (κ2) is 5.84. The molecule has 0 saturated heterocycles. The van der Waals surface area contributed by atoms with Gasteiger partial charge in [-0.05, 0) is 13.0 Å². The van der Waals surface area contributed by atoms with Crippen LogP contribution < -0.4 is 4.73 Å². The molecule has 0 spiro atoms. The predicted octanol–water partition coefficient (Wildman–Crippen LogP) is 3.28. The van der Waals surface area contributed by atoms with E-state index in [2.05, 4.69) is 0 Å². The van der Waals surface area contributed by atoms with Crippen LogP contribution in [-0.4, -0.2) is 11.6 Å². The average Bonchev–Trinajstić information content (AvgIpc) is 2.57. The van der Waals surface area contributed by atoms with E-state index in [4.69, 9.17) is 0 Å². The number of aromatic nitrogens is 1. The Morgan fingerprint density at radius 3 is 2.16 bits per heavy atom. The lowest BCUT2D eigenvalue weighted by atomic mass is 9.83. The number of nitrogens with zero attached hydrogens (tertiary/aromatic N) is 1. The molecule has 128 valence electrons. The zero-order valence-corrected chi connectivity index (χ0v) is 13.1. The molecule has 7 heteroatoms. The predicted molar refractivity (Wildman–Crippen MR) is 81.9 cm³/mol. The number of hydrogen-bond acceptors (Lipinski definition) is 3. The zero-order chi connectivity index (χ0) is 18.4. The molecule has 0 atom stereocenters. The van der Waals surface area contributed by atoms with Crippen LogP contribution in [0.15, 0.2) is 53.7 Å². The Hall–Kier alpha value is -2.96. The van der Waals surface area contributed by atoms with Crippen LogP contribution in [0.5, 0.6) is 0 Å². The molecule has 0 fully saturated rings. The van der Waals surface area contributed by atoms with Crippen molar-refractivity contribution in [3.8, 4) is 0 Å². The van der Waals surface area contributed by atoms with Gasteiger partial charge in [-0.25, -0.2) is 0 Å². The topological polar surface area (TPSA) is 61.1 Å². The molecule has 4 nitrogen and oxygen atoms in total. The molecule has 0 saturated carbocycles. The van der Waals surface area contributed by atoms with Crippen LogP contribution in [0.4, 0.5) is 13.2 Å². The number of benzene rings is 1. The van der Waals surface area contributed by atoms with E-state index < -0.39 is 17.5 Å². The van der Waals surface area contributed by atoms with Gasteiger partial charge in [0, 0.05) is 28.3 Å². The van der Waals surface area contributed by atoms with Gasteiger partial charge < -0.3 is 5.21 Å². The highest BCUT2D eigenvalue weighted by Gasteiger charge is 2.34. The lowest BCUT2D eigenvalue weighted by Crippen LogP contribution is -2.34. The number of alkyl halides is 3. The van der Waals surface area contributed by atoms with Crippen LogP contribution in [0.2, 0.25) is 0 Å². The molecule has 25 heavy (non-hydrogen) atoms. The van der Waals surface area contributed by atoms with Crippen LogP contribution in [0.3, 0.4) is 0 Å². The van der Waals surface area contributed by atoms with Gasteiger partial charge in [-0.2, -0.15) is 17.9 Å². The second-order valence-electron chi connectivity index (χ2n) is 5.72. The third-order valence-corrected chi connectivity index (χ3v) is 4.16. The lowest BCUT2D eigenvalue weighted by Gasteiger charge is -2.18. The Morgan fingerprint density at radius 1 is 1.00 bits per heavy atom. The largest absolute Gasteiger partial charge is 0.618 e. The van der Waals surface area contributed by atoms with Crippen LogP contribution in [-0.2, 0) is 12.6 Å². The minimum atomic E-state index is -4.63. The number of rotatable bonds is 2. The molecule has 1 heterocycles. The van der Waals surface area contributed by atoms with E-state index in [1.165, 1.54) is 13.0 Å². The van der Waals surface area contributed by atoms with E-state index in [0.29, 0.717) is 6.20 Å². The Labute approximate surface area is 140 Å². The molecule has 0 radical (unpaired) electrons. The molecular formula is C18H12F3NO3. The summed E-state index contributed by atoms with van der Waals surface area (Å²) in [6.07, 6.45) is -4.42. The normalized spacial score (nSPS) is 14.7.